The molecular formula is C31H31N3O5. The molecular weight excluding hydrogens is 494 g/mol. The Morgan fingerprint density at radius 3 is 2.51 bits per heavy atom. The Bertz CT molecular complexity index is 1410. The molecule has 6 rings (SSSR count). The van der Waals surface area contributed by atoms with Gasteiger partial charge in [-0.3, -0.25) is 19.3 Å². The lowest BCUT2D eigenvalue weighted by Crippen LogP contribution is -2.41. The van der Waals surface area contributed by atoms with E-state index >= 15 is 0 Å². The fourth-order valence-corrected chi connectivity index (χ4v) is 5.62. The molecule has 3 aromatic rings. The van der Waals surface area contributed by atoms with E-state index in [1.54, 1.807) is 12.1 Å². The normalized spacial score (nSPS) is 17.4. The van der Waals surface area contributed by atoms with Crippen molar-refractivity contribution in [3.05, 3.63) is 89.0 Å². The molecule has 0 aliphatic carbocycles. The van der Waals surface area contributed by atoms with Gasteiger partial charge in [0.05, 0.1) is 23.4 Å². The highest BCUT2D eigenvalue weighted by Crippen LogP contribution is 2.36. The van der Waals surface area contributed by atoms with Crippen molar-refractivity contribution in [3.63, 3.8) is 0 Å². The Morgan fingerprint density at radius 2 is 1.72 bits per heavy atom. The summed E-state index contributed by atoms with van der Waals surface area (Å²) in [6.07, 6.45) is 1.39. The van der Waals surface area contributed by atoms with Gasteiger partial charge in [-0.1, -0.05) is 49.4 Å². The Balaban J connectivity index is 1.09. The number of piperidine rings is 1. The third kappa shape index (κ3) is 4.82. The molecule has 8 nitrogen and oxygen atoms in total. The van der Waals surface area contributed by atoms with Crippen LogP contribution in [-0.4, -0.2) is 49.0 Å². The molecule has 1 atom stereocenters. The van der Waals surface area contributed by atoms with Crippen LogP contribution in [-0.2, 0) is 11.3 Å². The number of hydrogen-bond donors (Lipinski definition) is 1. The summed E-state index contributed by atoms with van der Waals surface area (Å²) in [5.41, 5.74) is 3.63. The molecule has 0 aromatic heterocycles. The van der Waals surface area contributed by atoms with Crippen LogP contribution in [0.15, 0.2) is 66.7 Å². The number of carbonyl (C=O) groups excluding carboxylic acids is 3. The monoisotopic (exact) mass is 525 g/mol. The number of amides is 3. The fraction of sp³-hybridized carbons (Fsp3) is 0.323. The molecule has 39 heavy (non-hydrogen) atoms. The van der Waals surface area contributed by atoms with E-state index in [0.29, 0.717) is 55.1 Å². The quantitative estimate of drug-likeness (QED) is 0.462. The van der Waals surface area contributed by atoms with Crippen LogP contribution in [0.1, 0.15) is 57.5 Å². The number of imide groups is 1. The van der Waals surface area contributed by atoms with Crippen molar-refractivity contribution < 1.29 is 23.9 Å². The van der Waals surface area contributed by atoms with Crippen LogP contribution in [0.4, 0.5) is 5.69 Å². The Hall–Kier alpha value is -4.33. The molecule has 0 radical (unpaired) electrons. The molecule has 0 saturated carbocycles. The third-order valence-corrected chi connectivity index (χ3v) is 7.91. The molecule has 1 fully saturated rings. The van der Waals surface area contributed by atoms with Crippen molar-refractivity contribution in [2.75, 3.05) is 31.3 Å². The molecule has 0 bridgehead atoms. The van der Waals surface area contributed by atoms with Crippen LogP contribution in [0.5, 0.6) is 11.5 Å². The first-order chi connectivity index (χ1) is 19.0. The van der Waals surface area contributed by atoms with E-state index in [2.05, 4.69) is 29.3 Å². The summed E-state index contributed by atoms with van der Waals surface area (Å²) in [5, 5.41) is 3.12. The number of benzene rings is 3. The summed E-state index contributed by atoms with van der Waals surface area (Å²) in [4.78, 5) is 43.0. The van der Waals surface area contributed by atoms with Gasteiger partial charge in [0, 0.05) is 25.6 Å². The Labute approximate surface area is 227 Å². The zero-order chi connectivity index (χ0) is 26.9. The van der Waals surface area contributed by atoms with E-state index in [1.807, 2.05) is 42.5 Å². The summed E-state index contributed by atoms with van der Waals surface area (Å²) in [7, 11) is 0. The van der Waals surface area contributed by atoms with Gasteiger partial charge in [0.25, 0.3) is 11.8 Å². The first-order valence-electron chi connectivity index (χ1n) is 13.4. The molecule has 1 saturated heterocycles. The number of hydrogen-bond acceptors (Lipinski definition) is 6. The zero-order valence-corrected chi connectivity index (χ0v) is 21.9. The number of carbonyl (C=O) groups is 3. The van der Waals surface area contributed by atoms with Crippen LogP contribution in [0.3, 0.4) is 0 Å². The molecule has 3 amide bonds. The maximum atomic E-state index is 13.5. The second-order valence-corrected chi connectivity index (χ2v) is 10.4. The standard InChI is InChI=1S/C31H31N3O5/c1-20(22-6-3-2-4-7-22)17-32-29(35)23-12-14-33(15-13-23)25-9-5-8-24-28(25)31(37)34(30(24)36)18-21-10-11-26-27(16-21)39-19-38-26/h2-11,16,20,23H,12-15,17-19H2,1H3,(H,32,35)/t20-/m0/s1. The largest absolute Gasteiger partial charge is 0.454 e. The van der Waals surface area contributed by atoms with Gasteiger partial charge in [0.2, 0.25) is 12.7 Å². The minimum Gasteiger partial charge on any atom is -0.454 e. The number of nitrogens with zero attached hydrogens (tertiary/aromatic N) is 2. The van der Waals surface area contributed by atoms with E-state index in [1.165, 1.54) is 10.5 Å². The second kappa shape index (κ2) is 10.4. The predicted octanol–water partition coefficient (Wildman–Crippen LogP) is 4.35. The van der Waals surface area contributed by atoms with Crippen molar-refractivity contribution in [1.29, 1.82) is 0 Å². The van der Waals surface area contributed by atoms with E-state index < -0.39 is 0 Å². The SMILES string of the molecule is C[C@@H](CNC(=O)C1CCN(c2cccc3c2C(=O)N(Cc2ccc4c(c2)OCO4)C3=O)CC1)c1ccccc1. The molecule has 3 aromatic carbocycles. The molecule has 1 N–H and O–H groups in total. The van der Waals surface area contributed by atoms with Gasteiger partial charge >= 0.3 is 0 Å². The summed E-state index contributed by atoms with van der Waals surface area (Å²) in [6, 6.07) is 21.1. The highest BCUT2D eigenvalue weighted by molar-refractivity contribution is 6.23. The number of ether oxygens (including phenoxy) is 2. The highest BCUT2D eigenvalue weighted by atomic mass is 16.7. The number of anilines is 1. The van der Waals surface area contributed by atoms with Crippen LogP contribution >= 0.6 is 0 Å². The lowest BCUT2D eigenvalue weighted by Gasteiger charge is -2.34. The highest BCUT2D eigenvalue weighted by Gasteiger charge is 2.39. The molecule has 8 heteroatoms. The van der Waals surface area contributed by atoms with Crippen molar-refractivity contribution in [3.8, 4) is 11.5 Å². The van der Waals surface area contributed by atoms with Gasteiger partial charge in [-0.05, 0) is 54.2 Å². The maximum absolute atomic E-state index is 13.5. The van der Waals surface area contributed by atoms with Crippen molar-refractivity contribution in [2.45, 2.75) is 32.2 Å². The molecule has 0 spiro atoms. The maximum Gasteiger partial charge on any atom is 0.263 e. The van der Waals surface area contributed by atoms with Crippen molar-refractivity contribution >= 4 is 23.4 Å². The number of nitrogens with one attached hydrogen (secondary N) is 1. The zero-order valence-electron chi connectivity index (χ0n) is 21.9. The Kier molecular flexibility index (Phi) is 6.69. The molecule has 3 heterocycles. The van der Waals surface area contributed by atoms with Gasteiger partial charge < -0.3 is 19.7 Å². The van der Waals surface area contributed by atoms with Crippen molar-refractivity contribution in [1.82, 2.24) is 10.2 Å². The molecule has 3 aliphatic rings. The smallest absolute Gasteiger partial charge is 0.263 e. The second-order valence-electron chi connectivity index (χ2n) is 10.4. The lowest BCUT2D eigenvalue weighted by molar-refractivity contribution is -0.125. The van der Waals surface area contributed by atoms with Gasteiger partial charge in [-0.15, -0.1) is 0 Å². The van der Waals surface area contributed by atoms with E-state index in [9.17, 15) is 14.4 Å². The summed E-state index contributed by atoms with van der Waals surface area (Å²) in [5.74, 6) is 0.941. The van der Waals surface area contributed by atoms with E-state index in [0.717, 1.165) is 11.3 Å². The molecule has 3 aliphatic heterocycles. The molecule has 200 valence electrons. The first kappa shape index (κ1) is 25.0. The minimum atomic E-state index is -0.295. The van der Waals surface area contributed by atoms with E-state index in [4.69, 9.17) is 9.47 Å². The first-order valence-corrected chi connectivity index (χ1v) is 13.4. The predicted molar refractivity (Wildman–Crippen MR) is 146 cm³/mol. The third-order valence-electron chi connectivity index (χ3n) is 7.91. The number of fused-ring (bicyclic) bond motifs is 2. The fourth-order valence-electron chi connectivity index (χ4n) is 5.62. The summed E-state index contributed by atoms with van der Waals surface area (Å²) >= 11 is 0. The topological polar surface area (TPSA) is 88.2 Å². The van der Waals surface area contributed by atoms with Gasteiger partial charge in [-0.25, -0.2) is 0 Å². The van der Waals surface area contributed by atoms with Gasteiger partial charge in [-0.2, -0.15) is 0 Å². The van der Waals surface area contributed by atoms with Gasteiger partial charge in [0.15, 0.2) is 11.5 Å². The van der Waals surface area contributed by atoms with Crippen LogP contribution < -0.4 is 19.7 Å². The molecule has 0 unspecified atom stereocenters. The average molecular weight is 526 g/mol. The van der Waals surface area contributed by atoms with Gasteiger partial charge in [0.1, 0.15) is 0 Å². The number of rotatable bonds is 7. The van der Waals surface area contributed by atoms with Crippen LogP contribution in [0, 0.1) is 5.92 Å². The summed E-state index contributed by atoms with van der Waals surface area (Å²) in [6.45, 7) is 4.33. The minimum absolute atomic E-state index is 0.0687. The van der Waals surface area contributed by atoms with E-state index in [-0.39, 0.29) is 42.9 Å². The lowest BCUT2D eigenvalue weighted by atomic mass is 9.94. The van der Waals surface area contributed by atoms with Crippen LogP contribution in [0.2, 0.25) is 0 Å². The Morgan fingerprint density at radius 1 is 0.949 bits per heavy atom. The average Bonchev–Trinajstić information content (AvgIpc) is 3.54. The summed E-state index contributed by atoms with van der Waals surface area (Å²) < 4.78 is 10.8. The van der Waals surface area contributed by atoms with Crippen molar-refractivity contribution in [2.24, 2.45) is 5.92 Å². The van der Waals surface area contributed by atoms with Crippen LogP contribution in [0.25, 0.3) is 0 Å².